The lowest BCUT2D eigenvalue weighted by molar-refractivity contribution is 0.506. The van der Waals surface area contributed by atoms with Crippen LogP contribution in [-0.4, -0.2) is 0 Å². The second kappa shape index (κ2) is 7.18. The molecule has 5 aromatic rings. The van der Waals surface area contributed by atoms with E-state index in [1.165, 1.54) is 37.9 Å². The van der Waals surface area contributed by atoms with Gasteiger partial charge in [-0.15, -0.1) is 0 Å². The fraction of sp³-hybridized carbons (Fsp3) is 0.172. The standard InChI is InChI=1S/C29H27N/c1-4-29(2,3)20-13-15-21(16-14-20)30-22-17-18-27-25-11-6-5-9-23(25)24-10-7-8-12-26(24)28(27)19-22/h5-19,30H,4H2,1-3H3. The molecule has 0 bridgehead atoms. The van der Waals surface area contributed by atoms with Crippen molar-refractivity contribution in [3.63, 3.8) is 0 Å². The van der Waals surface area contributed by atoms with Crippen molar-refractivity contribution >= 4 is 43.7 Å². The Kier molecular flexibility index (Phi) is 4.47. The molecular weight excluding hydrogens is 362 g/mol. The molecule has 0 spiro atoms. The number of fused-ring (bicyclic) bond motifs is 6. The topological polar surface area (TPSA) is 12.0 Å². The van der Waals surface area contributed by atoms with Crippen LogP contribution in [0.4, 0.5) is 11.4 Å². The Bertz CT molecular complexity index is 1330. The highest BCUT2D eigenvalue weighted by molar-refractivity contribution is 6.25. The van der Waals surface area contributed by atoms with Crippen LogP contribution in [0.1, 0.15) is 32.8 Å². The molecule has 5 rings (SSSR count). The zero-order valence-corrected chi connectivity index (χ0v) is 17.9. The van der Waals surface area contributed by atoms with E-state index in [0.29, 0.717) is 0 Å². The SMILES string of the molecule is CCC(C)(C)c1ccc(Nc2ccc3c4ccccc4c4ccccc4c3c2)cc1. The third kappa shape index (κ3) is 3.11. The summed E-state index contributed by atoms with van der Waals surface area (Å²) in [5.41, 5.74) is 3.83. The van der Waals surface area contributed by atoms with Gasteiger partial charge in [-0.25, -0.2) is 0 Å². The molecule has 0 amide bonds. The van der Waals surface area contributed by atoms with E-state index >= 15 is 0 Å². The zero-order valence-electron chi connectivity index (χ0n) is 17.9. The molecule has 0 aliphatic heterocycles. The molecule has 5 aromatic carbocycles. The van der Waals surface area contributed by atoms with Crippen LogP contribution < -0.4 is 5.32 Å². The minimum absolute atomic E-state index is 0.210. The summed E-state index contributed by atoms with van der Waals surface area (Å²) < 4.78 is 0. The smallest absolute Gasteiger partial charge is 0.0390 e. The minimum Gasteiger partial charge on any atom is -0.356 e. The van der Waals surface area contributed by atoms with Crippen LogP contribution in [0.5, 0.6) is 0 Å². The van der Waals surface area contributed by atoms with Crippen molar-refractivity contribution in [3.05, 3.63) is 96.6 Å². The second-order valence-electron chi connectivity index (χ2n) is 8.79. The van der Waals surface area contributed by atoms with Gasteiger partial charge in [0.25, 0.3) is 0 Å². The minimum atomic E-state index is 0.210. The van der Waals surface area contributed by atoms with Gasteiger partial charge in [-0.05, 0) is 74.0 Å². The van der Waals surface area contributed by atoms with Crippen LogP contribution in [0.2, 0.25) is 0 Å². The van der Waals surface area contributed by atoms with Crippen molar-refractivity contribution in [1.29, 1.82) is 0 Å². The summed E-state index contributed by atoms with van der Waals surface area (Å²) in [6.45, 7) is 6.84. The van der Waals surface area contributed by atoms with E-state index < -0.39 is 0 Å². The van der Waals surface area contributed by atoms with Crippen LogP contribution in [-0.2, 0) is 5.41 Å². The molecule has 1 N–H and O–H groups in total. The van der Waals surface area contributed by atoms with Gasteiger partial charge in [0, 0.05) is 11.4 Å². The first-order chi connectivity index (χ1) is 14.6. The molecule has 0 aromatic heterocycles. The highest BCUT2D eigenvalue weighted by atomic mass is 14.9. The molecule has 0 fully saturated rings. The summed E-state index contributed by atoms with van der Waals surface area (Å²) in [4.78, 5) is 0. The third-order valence-electron chi connectivity index (χ3n) is 6.58. The van der Waals surface area contributed by atoms with Gasteiger partial charge < -0.3 is 5.32 Å². The number of hydrogen-bond acceptors (Lipinski definition) is 1. The molecule has 0 saturated carbocycles. The Labute approximate surface area is 178 Å². The van der Waals surface area contributed by atoms with Gasteiger partial charge >= 0.3 is 0 Å². The lowest BCUT2D eigenvalue weighted by atomic mass is 9.82. The maximum absolute atomic E-state index is 3.61. The lowest BCUT2D eigenvalue weighted by Gasteiger charge is -2.23. The van der Waals surface area contributed by atoms with E-state index in [0.717, 1.165) is 17.8 Å². The second-order valence-corrected chi connectivity index (χ2v) is 8.79. The summed E-state index contributed by atoms with van der Waals surface area (Å²) in [5, 5.41) is 11.4. The van der Waals surface area contributed by atoms with Crippen LogP contribution >= 0.6 is 0 Å². The summed E-state index contributed by atoms with van der Waals surface area (Å²) in [6, 6.07) is 33.0. The Balaban J connectivity index is 1.60. The van der Waals surface area contributed by atoms with Crippen molar-refractivity contribution in [2.45, 2.75) is 32.6 Å². The van der Waals surface area contributed by atoms with Gasteiger partial charge in [-0.3, -0.25) is 0 Å². The predicted octanol–water partition coefficient (Wildman–Crippen LogP) is 8.58. The summed E-state index contributed by atoms with van der Waals surface area (Å²) >= 11 is 0. The zero-order chi connectivity index (χ0) is 20.7. The van der Waals surface area contributed by atoms with Crippen molar-refractivity contribution < 1.29 is 0 Å². The summed E-state index contributed by atoms with van der Waals surface area (Å²) in [5.74, 6) is 0. The van der Waals surface area contributed by atoms with Gasteiger partial charge in [0.1, 0.15) is 0 Å². The maximum atomic E-state index is 3.61. The van der Waals surface area contributed by atoms with Gasteiger partial charge in [-0.2, -0.15) is 0 Å². The van der Waals surface area contributed by atoms with Crippen molar-refractivity contribution in [3.8, 4) is 0 Å². The highest BCUT2D eigenvalue weighted by Crippen LogP contribution is 2.36. The highest BCUT2D eigenvalue weighted by Gasteiger charge is 2.17. The van der Waals surface area contributed by atoms with E-state index in [2.05, 4.69) is 117 Å². The molecule has 148 valence electrons. The fourth-order valence-corrected chi connectivity index (χ4v) is 4.36. The first-order valence-corrected chi connectivity index (χ1v) is 10.8. The maximum Gasteiger partial charge on any atom is 0.0390 e. The van der Waals surface area contributed by atoms with Crippen LogP contribution in [0.3, 0.4) is 0 Å². The van der Waals surface area contributed by atoms with E-state index in [1.807, 2.05) is 0 Å². The average molecular weight is 390 g/mol. The van der Waals surface area contributed by atoms with Gasteiger partial charge in [0.05, 0.1) is 0 Å². The summed E-state index contributed by atoms with van der Waals surface area (Å²) in [7, 11) is 0. The Morgan fingerprint density at radius 2 is 1.03 bits per heavy atom. The Hall–Kier alpha value is -3.32. The van der Waals surface area contributed by atoms with E-state index in [1.54, 1.807) is 0 Å². The predicted molar refractivity (Wildman–Crippen MR) is 132 cm³/mol. The lowest BCUT2D eigenvalue weighted by Crippen LogP contribution is -2.15. The molecule has 0 saturated heterocycles. The molecular formula is C29H27N. The number of hydrogen-bond donors (Lipinski definition) is 1. The first kappa shape index (κ1) is 18.7. The molecule has 1 heteroatoms. The van der Waals surface area contributed by atoms with Crippen LogP contribution in [0.15, 0.2) is 91.0 Å². The number of nitrogens with one attached hydrogen (secondary N) is 1. The Morgan fingerprint density at radius 3 is 1.57 bits per heavy atom. The molecule has 0 heterocycles. The molecule has 1 nitrogen and oxygen atoms in total. The largest absolute Gasteiger partial charge is 0.356 e. The number of benzene rings is 5. The van der Waals surface area contributed by atoms with Gasteiger partial charge in [0.2, 0.25) is 0 Å². The third-order valence-corrected chi connectivity index (χ3v) is 6.58. The normalized spacial score (nSPS) is 12.0. The Morgan fingerprint density at radius 1 is 0.567 bits per heavy atom. The van der Waals surface area contributed by atoms with E-state index in [-0.39, 0.29) is 5.41 Å². The summed E-state index contributed by atoms with van der Waals surface area (Å²) in [6.07, 6.45) is 1.13. The number of anilines is 2. The van der Waals surface area contributed by atoms with Gasteiger partial charge in [-0.1, -0.05) is 87.5 Å². The average Bonchev–Trinajstić information content (AvgIpc) is 2.79. The molecule has 0 aliphatic rings. The van der Waals surface area contributed by atoms with Crippen molar-refractivity contribution in [2.24, 2.45) is 0 Å². The molecule has 0 radical (unpaired) electrons. The molecule has 30 heavy (non-hydrogen) atoms. The van der Waals surface area contributed by atoms with Crippen molar-refractivity contribution in [2.75, 3.05) is 5.32 Å². The van der Waals surface area contributed by atoms with Crippen molar-refractivity contribution in [1.82, 2.24) is 0 Å². The first-order valence-electron chi connectivity index (χ1n) is 10.8. The molecule has 0 atom stereocenters. The number of rotatable bonds is 4. The fourth-order valence-electron chi connectivity index (χ4n) is 4.36. The molecule has 0 aliphatic carbocycles. The quantitative estimate of drug-likeness (QED) is 0.303. The van der Waals surface area contributed by atoms with Crippen LogP contribution in [0.25, 0.3) is 32.3 Å². The van der Waals surface area contributed by atoms with E-state index in [4.69, 9.17) is 0 Å². The molecule has 0 unspecified atom stereocenters. The van der Waals surface area contributed by atoms with Crippen LogP contribution in [0, 0.1) is 0 Å². The van der Waals surface area contributed by atoms with E-state index in [9.17, 15) is 0 Å². The monoisotopic (exact) mass is 389 g/mol. The van der Waals surface area contributed by atoms with Gasteiger partial charge in [0.15, 0.2) is 0 Å².